The highest BCUT2D eigenvalue weighted by Crippen LogP contribution is 2.17. The molecule has 1 saturated heterocycles. The van der Waals surface area contributed by atoms with Gasteiger partial charge >= 0.3 is 5.97 Å². The maximum absolute atomic E-state index is 12.0. The van der Waals surface area contributed by atoms with Crippen molar-refractivity contribution in [2.45, 2.75) is 26.2 Å². The van der Waals surface area contributed by atoms with E-state index in [1.54, 1.807) is 0 Å². The Bertz CT molecular complexity index is 315. The molecule has 4 N–H and O–H groups in total. The number of carboxylic acids is 1. The summed E-state index contributed by atoms with van der Waals surface area (Å²) in [4.78, 5) is 22.6. The minimum atomic E-state index is -1.23. The second-order valence-corrected chi connectivity index (χ2v) is 4.10. The molecule has 5 nitrogen and oxygen atoms in total. The molecule has 16 heavy (non-hydrogen) atoms. The molecule has 1 atom stereocenters. The minimum Gasteiger partial charge on any atom is -0.477 e. The molecule has 1 aliphatic rings. The van der Waals surface area contributed by atoms with Crippen molar-refractivity contribution in [2.24, 2.45) is 11.7 Å². The van der Waals surface area contributed by atoms with E-state index in [0.717, 1.165) is 25.8 Å². The number of carboxylic acid groups (broad SMARTS) is 1. The third kappa shape index (κ3) is 3.06. The fourth-order valence-corrected chi connectivity index (χ4v) is 1.84. The van der Waals surface area contributed by atoms with Crippen molar-refractivity contribution in [1.82, 2.24) is 5.32 Å². The molecule has 0 spiro atoms. The lowest BCUT2D eigenvalue weighted by atomic mass is 9.93. The number of aliphatic carboxylic acids is 1. The zero-order valence-corrected chi connectivity index (χ0v) is 9.45. The number of nitrogens with one attached hydrogen (secondary N) is 1. The molecule has 0 saturated carbocycles. The Kier molecular flexibility index (Phi) is 4.49. The highest BCUT2D eigenvalue weighted by atomic mass is 16.4. The highest BCUT2D eigenvalue weighted by Gasteiger charge is 2.23. The van der Waals surface area contributed by atoms with Crippen LogP contribution in [0, 0.1) is 5.92 Å². The Labute approximate surface area is 94.7 Å². The lowest BCUT2D eigenvalue weighted by molar-refractivity contribution is -0.133. The first-order chi connectivity index (χ1) is 7.54. The fraction of sp³-hybridized carbons (Fsp3) is 0.636. The van der Waals surface area contributed by atoms with Crippen LogP contribution >= 0.6 is 0 Å². The summed E-state index contributed by atoms with van der Waals surface area (Å²) in [5, 5.41) is 11.9. The molecule has 1 aliphatic heterocycles. The van der Waals surface area contributed by atoms with E-state index in [4.69, 9.17) is 10.8 Å². The van der Waals surface area contributed by atoms with Crippen LogP contribution in [0.15, 0.2) is 11.3 Å². The molecule has 0 bridgehead atoms. The van der Waals surface area contributed by atoms with Gasteiger partial charge in [0, 0.05) is 18.0 Å². The molecule has 0 aromatic carbocycles. The molecule has 0 radical (unpaired) electrons. The molecule has 1 fully saturated rings. The van der Waals surface area contributed by atoms with Crippen LogP contribution in [0.25, 0.3) is 0 Å². The van der Waals surface area contributed by atoms with Crippen molar-refractivity contribution in [3.05, 3.63) is 11.3 Å². The van der Waals surface area contributed by atoms with Crippen LogP contribution in [-0.4, -0.2) is 29.9 Å². The van der Waals surface area contributed by atoms with E-state index in [1.165, 1.54) is 6.92 Å². The van der Waals surface area contributed by atoms with E-state index in [-0.39, 0.29) is 23.0 Å². The fourth-order valence-electron chi connectivity index (χ4n) is 1.84. The monoisotopic (exact) mass is 226 g/mol. The summed E-state index contributed by atoms with van der Waals surface area (Å²) in [5.74, 6) is -1.51. The average molecular weight is 226 g/mol. The van der Waals surface area contributed by atoms with E-state index in [1.807, 2.05) is 0 Å². The minimum absolute atomic E-state index is 0.139. The van der Waals surface area contributed by atoms with Gasteiger partial charge in [-0.1, -0.05) is 6.42 Å². The van der Waals surface area contributed by atoms with Gasteiger partial charge in [-0.3, -0.25) is 4.79 Å². The van der Waals surface area contributed by atoms with Gasteiger partial charge in [-0.15, -0.1) is 0 Å². The molecule has 90 valence electrons. The number of hydrogen-bond donors (Lipinski definition) is 3. The van der Waals surface area contributed by atoms with E-state index in [2.05, 4.69) is 5.32 Å². The standard InChI is InChI=1S/C11H18N2O3/c1-7(9(12)11(15)16)10(14)8-4-2-3-5-13-6-8/h8,13H,2-6,12H2,1H3,(H,15,16). The van der Waals surface area contributed by atoms with Gasteiger partial charge in [0.15, 0.2) is 5.78 Å². The molecule has 0 aromatic heterocycles. The van der Waals surface area contributed by atoms with Gasteiger partial charge in [-0.05, 0) is 26.3 Å². The lowest BCUT2D eigenvalue weighted by Gasteiger charge is -2.13. The van der Waals surface area contributed by atoms with E-state index >= 15 is 0 Å². The predicted molar refractivity (Wildman–Crippen MR) is 59.7 cm³/mol. The number of ketones is 1. The smallest absolute Gasteiger partial charge is 0.352 e. The highest BCUT2D eigenvalue weighted by molar-refractivity contribution is 6.03. The number of allylic oxidation sites excluding steroid dienone is 1. The Morgan fingerprint density at radius 3 is 2.69 bits per heavy atom. The van der Waals surface area contributed by atoms with Gasteiger partial charge in [-0.25, -0.2) is 4.79 Å². The molecule has 0 aliphatic carbocycles. The first-order valence-corrected chi connectivity index (χ1v) is 5.48. The maximum atomic E-state index is 12.0. The number of rotatable bonds is 3. The molecule has 1 heterocycles. The first-order valence-electron chi connectivity index (χ1n) is 5.48. The van der Waals surface area contributed by atoms with E-state index < -0.39 is 5.97 Å². The van der Waals surface area contributed by atoms with E-state index in [0.29, 0.717) is 6.54 Å². The van der Waals surface area contributed by atoms with Crippen molar-refractivity contribution in [3.63, 3.8) is 0 Å². The Morgan fingerprint density at radius 1 is 1.38 bits per heavy atom. The molecule has 0 amide bonds. The van der Waals surface area contributed by atoms with Crippen LogP contribution < -0.4 is 11.1 Å². The number of carbonyl (C=O) groups is 2. The van der Waals surface area contributed by atoms with Crippen LogP contribution in [0.1, 0.15) is 26.2 Å². The summed E-state index contributed by atoms with van der Waals surface area (Å²) >= 11 is 0. The predicted octanol–water partition coefficient (Wildman–Crippen LogP) is 0.263. The van der Waals surface area contributed by atoms with Crippen molar-refractivity contribution in [2.75, 3.05) is 13.1 Å². The third-order valence-electron chi connectivity index (χ3n) is 2.92. The zero-order valence-electron chi connectivity index (χ0n) is 9.45. The molecule has 5 heteroatoms. The molecule has 0 aromatic rings. The van der Waals surface area contributed by atoms with Crippen LogP contribution in [0.2, 0.25) is 0 Å². The molecular weight excluding hydrogens is 208 g/mol. The van der Waals surface area contributed by atoms with Gasteiger partial charge in [0.25, 0.3) is 0 Å². The Balaban J connectivity index is 2.76. The van der Waals surface area contributed by atoms with E-state index in [9.17, 15) is 9.59 Å². The van der Waals surface area contributed by atoms with Crippen LogP contribution in [0.5, 0.6) is 0 Å². The second kappa shape index (κ2) is 5.65. The summed E-state index contributed by atoms with van der Waals surface area (Å²) in [6, 6.07) is 0. The first kappa shape index (κ1) is 12.7. The van der Waals surface area contributed by atoms with Crippen LogP contribution in [0.4, 0.5) is 0 Å². The van der Waals surface area contributed by atoms with Crippen molar-refractivity contribution < 1.29 is 14.7 Å². The number of nitrogens with two attached hydrogens (primary N) is 1. The van der Waals surface area contributed by atoms with Crippen molar-refractivity contribution in [3.8, 4) is 0 Å². The van der Waals surface area contributed by atoms with Crippen molar-refractivity contribution >= 4 is 11.8 Å². The van der Waals surface area contributed by atoms with Gasteiger partial charge in [-0.2, -0.15) is 0 Å². The largest absolute Gasteiger partial charge is 0.477 e. The van der Waals surface area contributed by atoms with Gasteiger partial charge in [0.2, 0.25) is 0 Å². The zero-order chi connectivity index (χ0) is 12.1. The summed E-state index contributed by atoms with van der Waals surface area (Å²) in [6.07, 6.45) is 2.85. The number of hydrogen-bond acceptors (Lipinski definition) is 4. The van der Waals surface area contributed by atoms with Gasteiger partial charge < -0.3 is 16.2 Å². The third-order valence-corrected chi connectivity index (χ3v) is 2.92. The topological polar surface area (TPSA) is 92.4 Å². The SMILES string of the molecule is CC(C(=O)C1CCCCNC1)=C(N)C(=O)O. The Hall–Kier alpha value is -1.36. The summed E-state index contributed by atoms with van der Waals surface area (Å²) in [5.41, 5.74) is 5.17. The molecular formula is C11H18N2O3. The van der Waals surface area contributed by atoms with Crippen molar-refractivity contribution in [1.29, 1.82) is 0 Å². The van der Waals surface area contributed by atoms with Crippen LogP contribution in [-0.2, 0) is 9.59 Å². The average Bonchev–Trinajstić information content (AvgIpc) is 2.54. The molecule has 1 unspecified atom stereocenters. The summed E-state index contributed by atoms with van der Waals surface area (Å²) < 4.78 is 0. The lowest BCUT2D eigenvalue weighted by Crippen LogP contribution is -2.29. The second-order valence-electron chi connectivity index (χ2n) is 4.10. The normalized spacial score (nSPS) is 23.2. The van der Waals surface area contributed by atoms with Gasteiger partial charge in [0.1, 0.15) is 5.70 Å². The molecule has 1 rings (SSSR count). The number of carbonyl (C=O) groups excluding carboxylic acids is 1. The quantitative estimate of drug-likeness (QED) is 0.600. The maximum Gasteiger partial charge on any atom is 0.352 e. The summed E-state index contributed by atoms with van der Waals surface area (Å²) in [6.45, 7) is 3.01. The Morgan fingerprint density at radius 2 is 2.06 bits per heavy atom. The number of Topliss-reactive ketones (excluding diaryl/α,β-unsaturated/α-hetero) is 1. The summed E-state index contributed by atoms with van der Waals surface area (Å²) in [7, 11) is 0. The van der Waals surface area contributed by atoms with Crippen LogP contribution in [0.3, 0.4) is 0 Å². The van der Waals surface area contributed by atoms with Gasteiger partial charge in [0.05, 0.1) is 0 Å².